The van der Waals surface area contributed by atoms with E-state index in [9.17, 15) is 10.1 Å². The lowest BCUT2D eigenvalue weighted by Crippen LogP contribution is -2.34. The number of hydrogen-bond donors (Lipinski definition) is 2. The number of halogens is 1. The Labute approximate surface area is 169 Å². The number of amides is 1. The Morgan fingerprint density at radius 1 is 1.62 bits per heavy atom. The molecule has 2 heterocycles. The van der Waals surface area contributed by atoms with Crippen LogP contribution in [-0.4, -0.2) is 20.8 Å². The zero-order valence-electron chi connectivity index (χ0n) is 14.4. The lowest BCUT2D eigenvalue weighted by molar-refractivity contribution is 0.0971. The summed E-state index contributed by atoms with van der Waals surface area (Å²) in [6.07, 6.45) is 4.73. The third-order valence-corrected chi connectivity index (χ3v) is 6.29. The minimum absolute atomic E-state index is 0.163. The summed E-state index contributed by atoms with van der Waals surface area (Å²) in [6.45, 7) is 4.83. The second-order valence-corrected chi connectivity index (χ2v) is 8.63. The van der Waals surface area contributed by atoms with Crippen molar-refractivity contribution in [2.75, 3.05) is 5.32 Å². The predicted molar refractivity (Wildman–Crippen MR) is 110 cm³/mol. The van der Waals surface area contributed by atoms with Crippen LogP contribution in [0.2, 0.25) is 0 Å². The Morgan fingerprint density at radius 3 is 3.04 bits per heavy atom. The fourth-order valence-corrected chi connectivity index (χ4v) is 5.09. The van der Waals surface area contributed by atoms with Crippen molar-refractivity contribution in [1.82, 2.24) is 15.1 Å². The van der Waals surface area contributed by atoms with Crippen molar-refractivity contribution in [1.29, 1.82) is 5.26 Å². The lowest BCUT2D eigenvalue weighted by Gasteiger charge is -2.17. The monoisotopic (exact) mass is 451 g/mol. The Kier molecular flexibility index (Phi) is 5.75. The number of thiocarbonyl (C=S) groups is 1. The standard InChI is InChI=1S/C17H18BrN5OS2/c1-3-23-8-12(18)14(22-23)15(24)20-17(25)21-16-11(7-19)10-5-4-9(2)6-13(10)26-16/h8-9H,3-6H2,1-2H3,(H2,20,21,24,25)/t9-/m0/s1. The van der Waals surface area contributed by atoms with Gasteiger partial charge in [0, 0.05) is 17.6 Å². The van der Waals surface area contributed by atoms with Crippen molar-refractivity contribution in [3.05, 3.63) is 32.4 Å². The molecule has 0 fully saturated rings. The van der Waals surface area contributed by atoms with Crippen LogP contribution in [-0.2, 0) is 19.4 Å². The fourth-order valence-electron chi connectivity index (χ4n) is 2.97. The van der Waals surface area contributed by atoms with Gasteiger partial charge in [-0.05, 0) is 65.8 Å². The van der Waals surface area contributed by atoms with Gasteiger partial charge in [0.05, 0.1) is 10.0 Å². The molecular weight excluding hydrogens is 434 g/mol. The average molecular weight is 452 g/mol. The fraction of sp³-hybridized carbons (Fsp3) is 0.412. The molecule has 0 radical (unpaired) electrons. The summed E-state index contributed by atoms with van der Waals surface area (Å²) in [5, 5.41) is 20.3. The van der Waals surface area contributed by atoms with Crippen LogP contribution in [0, 0.1) is 17.2 Å². The maximum absolute atomic E-state index is 12.4. The highest BCUT2D eigenvalue weighted by atomic mass is 79.9. The number of nitriles is 1. The van der Waals surface area contributed by atoms with Gasteiger partial charge >= 0.3 is 0 Å². The van der Waals surface area contributed by atoms with Crippen LogP contribution in [0.3, 0.4) is 0 Å². The minimum Gasteiger partial charge on any atom is -0.323 e. The van der Waals surface area contributed by atoms with E-state index in [4.69, 9.17) is 12.2 Å². The van der Waals surface area contributed by atoms with Gasteiger partial charge in [-0.1, -0.05) is 6.92 Å². The van der Waals surface area contributed by atoms with Crippen LogP contribution in [0.5, 0.6) is 0 Å². The molecule has 136 valence electrons. The first kappa shape index (κ1) is 19.0. The number of thiophene rings is 1. The molecule has 0 aromatic carbocycles. The van der Waals surface area contributed by atoms with E-state index in [0.29, 0.717) is 27.5 Å². The van der Waals surface area contributed by atoms with Gasteiger partial charge in [0.1, 0.15) is 11.1 Å². The van der Waals surface area contributed by atoms with E-state index in [1.807, 2.05) is 6.92 Å². The summed E-state index contributed by atoms with van der Waals surface area (Å²) in [4.78, 5) is 13.6. The first-order valence-corrected chi connectivity index (χ1v) is 10.3. The number of rotatable bonds is 3. The zero-order chi connectivity index (χ0) is 18.8. The molecule has 1 aliphatic rings. The molecule has 0 saturated heterocycles. The summed E-state index contributed by atoms with van der Waals surface area (Å²) >= 11 is 10.2. The summed E-state index contributed by atoms with van der Waals surface area (Å²) in [6, 6.07) is 2.28. The molecule has 0 spiro atoms. The van der Waals surface area contributed by atoms with E-state index in [1.54, 1.807) is 22.2 Å². The van der Waals surface area contributed by atoms with E-state index in [2.05, 4.69) is 44.7 Å². The molecular formula is C17H18BrN5OS2. The maximum atomic E-state index is 12.4. The normalized spacial score (nSPS) is 15.8. The van der Waals surface area contributed by atoms with Gasteiger partial charge in [-0.2, -0.15) is 10.4 Å². The van der Waals surface area contributed by atoms with Crippen molar-refractivity contribution in [2.45, 2.75) is 39.7 Å². The molecule has 9 heteroatoms. The van der Waals surface area contributed by atoms with Crippen LogP contribution in [0.1, 0.15) is 46.8 Å². The highest BCUT2D eigenvalue weighted by molar-refractivity contribution is 9.10. The number of nitrogens with zero attached hydrogens (tertiary/aromatic N) is 3. The van der Waals surface area contributed by atoms with Crippen LogP contribution >= 0.6 is 39.5 Å². The average Bonchev–Trinajstić information content (AvgIpc) is 3.13. The first-order valence-electron chi connectivity index (χ1n) is 8.32. The first-order chi connectivity index (χ1) is 12.4. The Morgan fingerprint density at radius 2 is 2.38 bits per heavy atom. The largest absolute Gasteiger partial charge is 0.323 e. The molecule has 2 aromatic heterocycles. The minimum atomic E-state index is -0.393. The summed E-state index contributed by atoms with van der Waals surface area (Å²) in [5.74, 6) is 0.230. The van der Waals surface area contributed by atoms with Crippen LogP contribution in [0.25, 0.3) is 0 Å². The Hall–Kier alpha value is -1.76. The second-order valence-electron chi connectivity index (χ2n) is 6.26. The van der Waals surface area contributed by atoms with Crippen molar-refractivity contribution in [3.63, 3.8) is 0 Å². The highest BCUT2D eigenvalue weighted by Crippen LogP contribution is 2.39. The van der Waals surface area contributed by atoms with Gasteiger partial charge < -0.3 is 5.32 Å². The number of aryl methyl sites for hydroxylation is 1. The second kappa shape index (κ2) is 7.86. The lowest BCUT2D eigenvalue weighted by atomic mass is 9.89. The summed E-state index contributed by atoms with van der Waals surface area (Å²) < 4.78 is 2.27. The zero-order valence-corrected chi connectivity index (χ0v) is 17.6. The molecule has 1 amide bonds. The quantitative estimate of drug-likeness (QED) is 0.692. The van der Waals surface area contributed by atoms with Crippen molar-refractivity contribution < 1.29 is 4.79 Å². The Bertz CT molecular complexity index is 911. The molecule has 1 atom stereocenters. The molecule has 2 N–H and O–H groups in total. The van der Waals surface area contributed by atoms with E-state index >= 15 is 0 Å². The van der Waals surface area contributed by atoms with E-state index < -0.39 is 5.91 Å². The predicted octanol–water partition coefficient (Wildman–Crippen LogP) is 3.85. The van der Waals surface area contributed by atoms with Crippen LogP contribution < -0.4 is 10.6 Å². The number of anilines is 1. The molecule has 0 bridgehead atoms. The maximum Gasteiger partial charge on any atom is 0.279 e. The van der Waals surface area contributed by atoms with Crippen LogP contribution in [0.4, 0.5) is 5.00 Å². The highest BCUT2D eigenvalue weighted by Gasteiger charge is 2.24. The number of fused-ring (bicyclic) bond motifs is 1. The summed E-state index contributed by atoms with van der Waals surface area (Å²) in [7, 11) is 0. The van der Waals surface area contributed by atoms with Gasteiger partial charge in [0.25, 0.3) is 5.91 Å². The van der Waals surface area contributed by atoms with Crippen molar-refractivity contribution in [2.24, 2.45) is 5.92 Å². The molecule has 1 aliphatic carbocycles. The van der Waals surface area contributed by atoms with Gasteiger partial charge in [-0.3, -0.25) is 14.8 Å². The van der Waals surface area contributed by atoms with Gasteiger partial charge in [-0.15, -0.1) is 11.3 Å². The molecule has 3 rings (SSSR count). The van der Waals surface area contributed by atoms with E-state index in [1.165, 1.54) is 4.88 Å². The number of carbonyl (C=O) groups excluding carboxylic acids is 1. The van der Waals surface area contributed by atoms with Crippen molar-refractivity contribution >= 4 is 55.5 Å². The third-order valence-electron chi connectivity index (χ3n) is 4.33. The van der Waals surface area contributed by atoms with Crippen molar-refractivity contribution in [3.8, 4) is 6.07 Å². The molecule has 2 aromatic rings. The number of carbonyl (C=O) groups is 1. The van der Waals surface area contributed by atoms with Crippen LogP contribution in [0.15, 0.2) is 10.7 Å². The molecule has 0 unspecified atom stereocenters. The molecule has 6 nitrogen and oxygen atoms in total. The topological polar surface area (TPSA) is 82.7 Å². The van der Waals surface area contributed by atoms with E-state index in [0.717, 1.165) is 24.8 Å². The molecule has 0 saturated carbocycles. The summed E-state index contributed by atoms with van der Waals surface area (Å²) in [5.41, 5.74) is 2.04. The number of aromatic nitrogens is 2. The smallest absolute Gasteiger partial charge is 0.279 e. The third kappa shape index (κ3) is 3.82. The van der Waals surface area contributed by atoms with E-state index in [-0.39, 0.29) is 10.8 Å². The van der Waals surface area contributed by atoms with Gasteiger partial charge in [0.2, 0.25) is 0 Å². The molecule has 0 aliphatic heterocycles. The number of hydrogen-bond acceptors (Lipinski definition) is 5. The SMILES string of the molecule is CCn1cc(Br)c(C(=O)NC(=S)Nc2sc3c(c2C#N)CC[C@H](C)C3)n1. The van der Waals surface area contributed by atoms with Gasteiger partial charge in [0.15, 0.2) is 10.8 Å². The molecule has 26 heavy (non-hydrogen) atoms. The van der Waals surface area contributed by atoms with Gasteiger partial charge in [-0.25, -0.2) is 0 Å². The number of nitrogens with one attached hydrogen (secondary N) is 2. The Balaban J connectivity index is 1.73.